The van der Waals surface area contributed by atoms with E-state index >= 15 is 0 Å². The average molecular weight is 355 g/mol. The molecule has 0 aromatic heterocycles. The minimum absolute atomic E-state index is 0.238. The molecule has 3 rings (SSSR count). The van der Waals surface area contributed by atoms with Crippen molar-refractivity contribution in [2.75, 3.05) is 0 Å². The van der Waals surface area contributed by atoms with E-state index in [-0.39, 0.29) is 12.2 Å². The van der Waals surface area contributed by atoms with Crippen LogP contribution in [0.5, 0.6) is 5.75 Å². The van der Waals surface area contributed by atoms with Crippen LogP contribution in [0.1, 0.15) is 27.0 Å². The number of allylic oxidation sites excluding steroid dienone is 1. The third-order valence-electron chi connectivity index (χ3n) is 3.98. The number of carboxylic acid groups (broad SMARTS) is 1. The van der Waals surface area contributed by atoms with Crippen LogP contribution in [-0.4, -0.2) is 11.1 Å². The molecule has 0 bridgehead atoms. The van der Waals surface area contributed by atoms with Crippen LogP contribution in [0.3, 0.4) is 0 Å². The average Bonchev–Trinajstić information content (AvgIpc) is 2.72. The van der Waals surface area contributed by atoms with Crippen LogP contribution in [0.4, 0.5) is 0 Å². The van der Waals surface area contributed by atoms with E-state index in [1.54, 1.807) is 18.2 Å². The molecule has 0 fully saturated rings. The van der Waals surface area contributed by atoms with Crippen molar-refractivity contribution in [1.82, 2.24) is 0 Å². The van der Waals surface area contributed by atoms with Gasteiger partial charge >= 0.3 is 5.97 Å². The summed E-state index contributed by atoms with van der Waals surface area (Å²) in [5.74, 6) is -0.286. The van der Waals surface area contributed by atoms with Crippen molar-refractivity contribution in [2.24, 2.45) is 0 Å². The first-order chi connectivity index (χ1) is 13.2. The van der Waals surface area contributed by atoms with Gasteiger partial charge in [-0.15, -0.1) is 0 Å². The number of hydrogen-bond donors (Lipinski definition) is 1. The van der Waals surface area contributed by atoms with Gasteiger partial charge in [0.15, 0.2) is 0 Å². The van der Waals surface area contributed by atoms with Crippen molar-refractivity contribution in [1.29, 1.82) is 5.26 Å². The zero-order chi connectivity index (χ0) is 19.1. The van der Waals surface area contributed by atoms with E-state index in [0.29, 0.717) is 11.3 Å². The Morgan fingerprint density at radius 2 is 1.67 bits per heavy atom. The molecule has 0 amide bonds. The Labute approximate surface area is 157 Å². The van der Waals surface area contributed by atoms with Gasteiger partial charge in [0.25, 0.3) is 0 Å². The number of ether oxygens (including phenoxy) is 1. The molecule has 3 aromatic rings. The van der Waals surface area contributed by atoms with Gasteiger partial charge in [0.2, 0.25) is 0 Å². The third kappa shape index (κ3) is 4.83. The number of nitriles is 1. The van der Waals surface area contributed by atoms with Crippen molar-refractivity contribution in [2.45, 2.75) is 6.61 Å². The molecule has 0 aliphatic heterocycles. The highest BCUT2D eigenvalue weighted by Crippen LogP contribution is 2.20. The van der Waals surface area contributed by atoms with E-state index in [1.165, 1.54) is 0 Å². The number of rotatable bonds is 6. The fraction of sp³-hybridized carbons (Fsp3) is 0.0435. The standard InChI is InChI=1S/C23H17NO3/c24-15-21(19-6-2-1-3-7-19)13-17-9-11-22(12-10-17)27-16-18-5-4-8-20(14-18)23(25)26/h1-14H,16H2,(H,25,26)/b21-13+. The summed E-state index contributed by atoms with van der Waals surface area (Å²) in [5, 5.41) is 18.4. The summed E-state index contributed by atoms with van der Waals surface area (Å²) in [7, 11) is 0. The van der Waals surface area contributed by atoms with Crippen molar-refractivity contribution >= 4 is 17.6 Å². The fourth-order valence-electron chi connectivity index (χ4n) is 2.59. The molecule has 4 heteroatoms. The lowest BCUT2D eigenvalue weighted by Gasteiger charge is -2.07. The molecule has 0 saturated carbocycles. The quantitative estimate of drug-likeness (QED) is 0.497. The first-order valence-corrected chi connectivity index (χ1v) is 8.38. The number of carboxylic acids is 1. The molecular weight excluding hydrogens is 338 g/mol. The summed E-state index contributed by atoms with van der Waals surface area (Å²) in [6, 6.07) is 25.8. The fourth-order valence-corrected chi connectivity index (χ4v) is 2.59. The topological polar surface area (TPSA) is 70.3 Å². The molecule has 4 nitrogen and oxygen atoms in total. The minimum Gasteiger partial charge on any atom is -0.489 e. The van der Waals surface area contributed by atoms with Gasteiger partial charge in [0.1, 0.15) is 12.4 Å². The predicted octanol–water partition coefficient (Wildman–Crippen LogP) is 5.03. The molecule has 0 saturated heterocycles. The number of aromatic carboxylic acids is 1. The summed E-state index contributed by atoms with van der Waals surface area (Å²) in [5.41, 5.74) is 3.39. The van der Waals surface area contributed by atoms with Crippen molar-refractivity contribution < 1.29 is 14.6 Å². The lowest BCUT2D eigenvalue weighted by atomic mass is 10.0. The number of nitrogens with zero attached hydrogens (tertiary/aromatic N) is 1. The summed E-state index contributed by atoms with van der Waals surface area (Å²) < 4.78 is 5.72. The summed E-state index contributed by atoms with van der Waals surface area (Å²) in [4.78, 5) is 11.0. The van der Waals surface area contributed by atoms with E-state index in [4.69, 9.17) is 9.84 Å². The molecule has 0 heterocycles. The Morgan fingerprint density at radius 1 is 0.963 bits per heavy atom. The maximum absolute atomic E-state index is 11.0. The Bertz CT molecular complexity index is 1000. The first-order valence-electron chi connectivity index (χ1n) is 8.38. The highest BCUT2D eigenvalue weighted by atomic mass is 16.5. The molecule has 0 aliphatic carbocycles. The Balaban J connectivity index is 1.69. The lowest BCUT2D eigenvalue weighted by molar-refractivity contribution is 0.0696. The van der Waals surface area contributed by atoms with Crippen molar-refractivity contribution in [3.63, 3.8) is 0 Å². The maximum atomic E-state index is 11.0. The zero-order valence-corrected chi connectivity index (χ0v) is 14.5. The Morgan fingerprint density at radius 3 is 2.33 bits per heavy atom. The van der Waals surface area contributed by atoms with Crippen molar-refractivity contribution in [3.05, 3.63) is 101 Å². The molecule has 3 aromatic carbocycles. The Hall–Kier alpha value is -3.84. The summed E-state index contributed by atoms with van der Waals surface area (Å²) >= 11 is 0. The third-order valence-corrected chi connectivity index (χ3v) is 3.98. The molecule has 27 heavy (non-hydrogen) atoms. The maximum Gasteiger partial charge on any atom is 0.335 e. The number of hydrogen-bond acceptors (Lipinski definition) is 3. The monoisotopic (exact) mass is 355 g/mol. The second kappa shape index (κ2) is 8.50. The van der Waals surface area contributed by atoms with E-state index < -0.39 is 5.97 Å². The minimum atomic E-state index is -0.959. The van der Waals surface area contributed by atoms with Gasteiger partial charge in [0.05, 0.1) is 17.2 Å². The van der Waals surface area contributed by atoms with E-state index in [2.05, 4.69) is 6.07 Å². The van der Waals surface area contributed by atoms with Crippen molar-refractivity contribution in [3.8, 4) is 11.8 Å². The molecular formula is C23H17NO3. The van der Waals surface area contributed by atoms with Gasteiger partial charge in [0, 0.05) is 0 Å². The second-order valence-electron chi connectivity index (χ2n) is 5.90. The molecule has 0 atom stereocenters. The van der Waals surface area contributed by atoms with Gasteiger partial charge in [-0.3, -0.25) is 0 Å². The van der Waals surface area contributed by atoms with Crippen LogP contribution in [0.15, 0.2) is 78.9 Å². The van der Waals surface area contributed by atoms with Crippen LogP contribution in [-0.2, 0) is 6.61 Å². The van der Waals surface area contributed by atoms with Crippen LogP contribution in [0.2, 0.25) is 0 Å². The van der Waals surface area contributed by atoms with Crippen LogP contribution in [0, 0.1) is 11.3 Å². The van der Waals surface area contributed by atoms with E-state index in [1.807, 2.05) is 66.7 Å². The first kappa shape index (κ1) is 18.0. The largest absolute Gasteiger partial charge is 0.489 e. The van der Waals surface area contributed by atoms with Gasteiger partial charge < -0.3 is 9.84 Å². The van der Waals surface area contributed by atoms with Gasteiger partial charge in [-0.2, -0.15) is 5.26 Å². The second-order valence-corrected chi connectivity index (χ2v) is 5.90. The number of benzene rings is 3. The molecule has 0 spiro atoms. The highest BCUT2D eigenvalue weighted by Gasteiger charge is 2.04. The highest BCUT2D eigenvalue weighted by molar-refractivity contribution is 5.89. The van der Waals surface area contributed by atoms with Gasteiger partial charge in [-0.05, 0) is 47.0 Å². The lowest BCUT2D eigenvalue weighted by Crippen LogP contribution is -2.00. The molecule has 132 valence electrons. The molecule has 0 unspecified atom stereocenters. The van der Waals surface area contributed by atoms with Gasteiger partial charge in [-0.25, -0.2) is 4.79 Å². The SMILES string of the molecule is N#C/C(=C\c1ccc(OCc2cccc(C(=O)O)c2)cc1)c1ccccc1. The Kier molecular flexibility index (Phi) is 5.66. The van der Waals surface area contributed by atoms with Crippen LogP contribution < -0.4 is 4.74 Å². The summed E-state index contributed by atoms with van der Waals surface area (Å²) in [6.45, 7) is 0.282. The van der Waals surface area contributed by atoms with Crippen LogP contribution >= 0.6 is 0 Å². The van der Waals surface area contributed by atoms with Crippen LogP contribution in [0.25, 0.3) is 11.6 Å². The van der Waals surface area contributed by atoms with E-state index in [0.717, 1.165) is 16.7 Å². The number of carbonyl (C=O) groups is 1. The molecule has 0 radical (unpaired) electrons. The molecule has 1 N–H and O–H groups in total. The zero-order valence-electron chi connectivity index (χ0n) is 14.5. The smallest absolute Gasteiger partial charge is 0.335 e. The molecule has 0 aliphatic rings. The van der Waals surface area contributed by atoms with E-state index in [9.17, 15) is 10.1 Å². The summed E-state index contributed by atoms with van der Waals surface area (Å²) in [6.07, 6.45) is 1.83. The predicted molar refractivity (Wildman–Crippen MR) is 104 cm³/mol. The van der Waals surface area contributed by atoms with Gasteiger partial charge in [-0.1, -0.05) is 54.6 Å². The normalized spacial score (nSPS) is 10.9.